The zero-order valence-corrected chi connectivity index (χ0v) is 80.8. The summed E-state index contributed by atoms with van der Waals surface area (Å²) >= 11 is 0. The molecule has 0 aliphatic carbocycles. The van der Waals surface area contributed by atoms with E-state index in [0.29, 0.717) is 0 Å². The largest absolute Gasteiger partial charge is 0.477 e. The first-order valence-electron chi connectivity index (χ1n) is 47.0. The second kappa shape index (κ2) is 53.2. The summed E-state index contributed by atoms with van der Waals surface area (Å²) in [5.41, 5.74) is 0. The van der Waals surface area contributed by atoms with Crippen LogP contribution in [0.4, 0.5) is 0 Å². The summed E-state index contributed by atoms with van der Waals surface area (Å²) in [6.45, 7) is -6.71. The van der Waals surface area contributed by atoms with Crippen LogP contribution in [0.2, 0.25) is 0 Å². The molecule has 0 radical (unpaired) electrons. The second-order valence-corrected chi connectivity index (χ2v) is 37.6. The quantitative estimate of drug-likeness (QED) is 0.0269. The topological polar surface area (TPSA) is 1060 Å². The number of rotatable bonds is 44. The van der Waals surface area contributed by atoms with E-state index in [1.54, 1.807) is 0 Å². The number of ether oxygens (including phenoxy) is 19. The number of hydrogen-bond donors (Lipinski definition) is 38. The Hall–Kier alpha value is -7.18. The summed E-state index contributed by atoms with van der Waals surface area (Å²) in [7, 11) is 0. The molecule has 0 bridgehead atoms. The molecule has 10 rings (SSSR count). The number of aliphatic hydroxyl groups is 28. The lowest BCUT2D eigenvalue weighted by molar-refractivity contribution is -0.385. The first-order chi connectivity index (χ1) is 70.3. The highest BCUT2D eigenvalue weighted by molar-refractivity contribution is 5.79. The van der Waals surface area contributed by atoms with Gasteiger partial charge >= 0.3 is 17.9 Å². The molecule has 10 fully saturated rings. The van der Waals surface area contributed by atoms with Gasteiger partial charge in [0.15, 0.2) is 44.0 Å². The number of hydrogen-bond acceptors (Lipinski definition) is 57. The van der Waals surface area contributed by atoms with E-state index in [0.717, 1.165) is 48.5 Å². The summed E-state index contributed by atoms with van der Waals surface area (Å²) in [5.74, 6) is -22.9. The predicted octanol–water partition coefficient (Wildman–Crippen LogP) is -24.2. The van der Waals surface area contributed by atoms with Crippen LogP contribution in [-0.2, 0) is 138 Å². The molecule has 7 amide bonds. The number of carbonyl (C=O) groups excluding carboxylic acids is 7. The molecule has 10 saturated heterocycles. The molecule has 67 nitrogen and oxygen atoms in total. The number of aliphatic carboxylic acids is 3. The highest BCUT2D eigenvalue weighted by Gasteiger charge is 2.65. The molecule has 10 aliphatic heterocycles. The van der Waals surface area contributed by atoms with E-state index in [4.69, 9.17) is 90.0 Å². The highest BCUT2D eigenvalue weighted by atomic mass is 16.8. The molecule has 0 unspecified atom stereocenters. The molecule has 0 aromatic heterocycles. The Morgan fingerprint density at radius 2 is 0.533 bits per heavy atom. The van der Waals surface area contributed by atoms with Crippen LogP contribution < -0.4 is 37.2 Å². The van der Waals surface area contributed by atoms with E-state index >= 15 is 0 Å². The van der Waals surface area contributed by atoms with E-state index in [9.17, 15) is 206 Å². The average molecular weight is 2190 g/mol. The molecule has 0 spiro atoms. The minimum atomic E-state index is -3.19. The molecular formula is C83H135N7O60. The van der Waals surface area contributed by atoms with Gasteiger partial charge in [-0.2, -0.15) is 0 Å². The summed E-state index contributed by atoms with van der Waals surface area (Å²) in [4.78, 5) is 130. The fraction of sp³-hybridized carbons (Fsp3) is 0.880. The normalized spacial score (nSPS) is 43.7. The van der Waals surface area contributed by atoms with Gasteiger partial charge in [0.2, 0.25) is 41.4 Å². The molecule has 38 N–H and O–H groups in total. The van der Waals surface area contributed by atoms with Crippen LogP contribution in [0.1, 0.15) is 67.7 Å². The molecule has 67 heteroatoms. The fourth-order valence-electron chi connectivity index (χ4n) is 18.9. The smallest absolute Gasteiger partial charge is 0.364 e. The highest BCUT2D eigenvalue weighted by Crippen LogP contribution is 2.44. The third-order valence-electron chi connectivity index (χ3n) is 26.6. The van der Waals surface area contributed by atoms with Gasteiger partial charge in [0.1, 0.15) is 226 Å². The van der Waals surface area contributed by atoms with Crippen molar-refractivity contribution in [3.05, 3.63) is 0 Å². The maximum absolute atomic E-state index is 13.6. The third kappa shape index (κ3) is 28.3. The van der Waals surface area contributed by atoms with E-state index in [-0.39, 0.29) is 0 Å². The fourth-order valence-corrected chi connectivity index (χ4v) is 18.9. The first-order valence-corrected chi connectivity index (χ1v) is 47.0. The summed E-state index contributed by atoms with van der Waals surface area (Å²) < 4.78 is 113. The second-order valence-electron chi connectivity index (χ2n) is 37.6. The minimum absolute atomic E-state index is 0.809. The maximum Gasteiger partial charge on any atom is 0.364 e. The zero-order valence-electron chi connectivity index (χ0n) is 80.8. The van der Waals surface area contributed by atoms with E-state index in [1.807, 2.05) is 0 Å². The Balaban J connectivity index is 0.988. The van der Waals surface area contributed by atoms with Gasteiger partial charge < -0.3 is 286 Å². The molecular weight excluding hydrogens is 2050 g/mol. The van der Waals surface area contributed by atoms with Crippen molar-refractivity contribution >= 4 is 59.3 Å². The SMILES string of the molecule is CC(=O)N[C@@H]1[C@@H](O[C@@H]2O[C@H](CO)[C@@H](O[C@@H]3O[C@H](CO[C@@H]4O[C@H](CO)[C@@H](O)[C@H](O[C@@H]5O[C@H](CO[C@]6(C(=O)O)C[C@H](O)[C@@H](NC(C)=O)[C@H]([C@H](O)[C@H](O)CO)O6)[C@H](O)[C@H](O)[C@H]5O)[C@H]4NC(C)=O)[C@H](O)[C@H](O[C@@H]4O[C@H](CO)[C@@H](O)[C@H](O[C@@H]5O[C@H](CO[C@]6(C(=O)O)C[C@H](O)[C@@H](NC(C)=O)[C@H]([C@H](O)[C@H](O)CO)O6)[C@H](O)[C@H](O)[C@H]5O)[C@H]4NC(C)=O)[C@H]3O)[C@H](O)[C@H]2NC(C)=O)[C@@H](O)[C@@H](CO[C@]2(C(=O)O)C[C@H](O)[C@@H](NC(C)=O)[C@H]([C@H](O)[C@H](O)CO)O2)O[C@@H]1O. The lowest BCUT2D eigenvalue weighted by atomic mass is 9.88. The third-order valence-corrected chi connectivity index (χ3v) is 26.6. The molecule has 53 atom stereocenters. The van der Waals surface area contributed by atoms with Gasteiger partial charge in [0.05, 0.1) is 103 Å². The van der Waals surface area contributed by atoms with Gasteiger partial charge in [-0.05, 0) is 0 Å². The van der Waals surface area contributed by atoms with Crippen LogP contribution in [0.5, 0.6) is 0 Å². The Morgan fingerprint density at radius 3 is 0.880 bits per heavy atom. The number of nitrogens with one attached hydrogen (secondary N) is 7. The lowest BCUT2D eigenvalue weighted by Gasteiger charge is -2.51. The Bertz CT molecular complexity index is 4450. The van der Waals surface area contributed by atoms with E-state index < -0.39 is 468 Å². The Morgan fingerprint density at radius 1 is 0.273 bits per heavy atom. The number of carbonyl (C=O) groups is 10. The maximum atomic E-state index is 13.6. The van der Waals surface area contributed by atoms with Gasteiger partial charge in [-0.1, -0.05) is 0 Å². The minimum Gasteiger partial charge on any atom is -0.477 e. The molecule has 0 saturated carbocycles. The van der Waals surface area contributed by atoms with Crippen molar-refractivity contribution < 1.29 is 296 Å². The number of carboxylic acids is 3. The molecule has 0 aromatic carbocycles. The van der Waals surface area contributed by atoms with E-state index in [2.05, 4.69) is 37.2 Å². The van der Waals surface area contributed by atoms with Crippen molar-refractivity contribution in [2.75, 3.05) is 66.1 Å². The Kier molecular flexibility index (Phi) is 44.2. The monoisotopic (exact) mass is 2190 g/mol. The van der Waals surface area contributed by atoms with Crippen molar-refractivity contribution in [2.45, 2.75) is 391 Å². The van der Waals surface area contributed by atoms with Crippen molar-refractivity contribution in [1.29, 1.82) is 0 Å². The van der Waals surface area contributed by atoms with Crippen molar-refractivity contribution in [1.82, 2.24) is 37.2 Å². The molecule has 10 heterocycles. The summed E-state index contributed by atoms with van der Waals surface area (Å²) in [6.07, 6.45) is -103. The van der Waals surface area contributed by atoms with Gasteiger partial charge in [-0.3, -0.25) is 33.6 Å². The van der Waals surface area contributed by atoms with Crippen molar-refractivity contribution in [3.8, 4) is 0 Å². The molecule has 150 heavy (non-hydrogen) atoms. The molecule has 0 aromatic rings. The van der Waals surface area contributed by atoms with Crippen molar-refractivity contribution in [3.63, 3.8) is 0 Å². The van der Waals surface area contributed by atoms with Crippen molar-refractivity contribution in [2.24, 2.45) is 0 Å². The first kappa shape index (κ1) is 125. The summed E-state index contributed by atoms with van der Waals surface area (Å²) in [5, 5.41) is 364. The van der Waals surface area contributed by atoms with Gasteiger partial charge in [-0.25, -0.2) is 14.4 Å². The van der Waals surface area contributed by atoms with Crippen LogP contribution in [0.3, 0.4) is 0 Å². The lowest BCUT2D eigenvalue weighted by Crippen LogP contribution is -2.71. The number of aliphatic hydroxyl groups excluding tert-OH is 28. The van der Waals surface area contributed by atoms with E-state index in [1.165, 1.54) is 0 Å². The zero-order chi connectivity index (χ0) is 112. The Labute approximate surface area is 847 Å². The molecule has 862 valence electrons. The van der Waals surface area contributed by atoms with Crippen LogP contribution in [0.15, 0.2) is 0 Å². The van der Waals surface area contributed by atoms with Crippen LogP contribution in [-0.4, -0.2) is 607 Å². The molecule has 10 aliphatic rings. The van der Waals surface area contributed by atoms with Crippen LogP contribution in [0.25, 0.3) is 0 Å². The standard InChI is InChI=1S/C83H135N7O60/c1-21(97)84-41-28(104)8-81(78(126)127,148-67(41)48(110)31(107)11-91)133-18-38-51(113)58(120)60(122)75(141-38)145-65-46(89-26(6)102)72(137-34(14-94)53(65)115)132-17-37-56(118)70(147-74-47(90-27(7)103)66(54(116)35(15-95)138-74)146-76-61(123)59(121)52(114)39(142-76)19-134-82(79(128)129)9-29(105)42(85-22(2)98)68(149-82)49(111)32(108)12-92)62(124)77(140-37)143-63-36(16-96)139-73(44(57(63)119)87-24(4)100)144-64-45(88-25(5)101)71(125)136-40(55(64)117)20-135-83(80(130)131)10-30(106)43(86-23(3)99)69(150-83)50(112)33(109)13-93/h28-77,91-96,104-125H,8-20H2,1-7H3,(H,84,97)(H,85,98)(H,86,99)(H,87,100)(H,88,101)(H,89,102)(H,90,103)(H,126,127)(H,128,129)(H,130,131)/t28-,29-,30-,31+,32+,33+,34+,35+,36+,37+,38+,39+,40+,41+,42+,43+,44+,45+,46+,47+,48+,49+,50+,51-,52-,53+,54+,55-,56-,57+,58-,59-,60+,61+,62+,63+,64+,65+,66+,67+,68+,69+,70-,71-,72+,73-,74-,75-,76-,77-,81+,82+,83+/m0/s1. The number of amides is 7. The summed E-state index contributed by atoms with van der Waals surface area (Å²) in [6, 6.07) is -13.8. The predicted molar refractivity (Wildman–Crippen MR) is 462 cm³/mol. The van der Waals surface area contributed by atoms with Crippen LogP contribution >= 0.6 is 0 Å². The van der Waals surface area contributed by atoms with Gasteiger partial charge in [0.25, 0.3) is 17.4 Å². The van der Waals surface area contributed by atoms with Crippen LogP contribution in [0, 0.1) is 0 Å². The number of carboxylic acid groups (broad SMARTS) is 3. The van der Waals surface area contributed by atoms with Gasteiger partial charge in [0, 0.05) is 67.7 Å². The van der Waals surface area contributed by atoms with Gasteiger partial charge in [-0.15, -0.1) is 0 Å². The average Bonchev–Trinajstić information content (AvgIpc) is 0.763.